The van der Waals surface area contributed by atoms with Crippen molar-refractivity contribution < 1.29 is 9.18 Å². The molecule has 2 heterocycles. The number of carbonyl (C=O) groups excluding carboxylic acids is 1. The van der Waals surface area contributed by atoms with Gasteiger partial charge in [-0.15, -0.1) is 0 Å². The van der Waals surface area contributed by atoms with Gasteiger partial charge in [0.1, 0.15) is 5.82 Å². The van der Waals surface area contributed by atoms with Crippen molar-refractivity contribution in [2.75, 3.05) is 18.0 Å². The number of H-pyrrole nitrogens is 1. The monoisotopic (exact) mass is 353 g/mol. The van der Waals surface area contributed by atoms with E-state index >= 15 is 0 Å². The number of halogens is 1. The van der Waals surface area contributed by atoms with E-state index in [1.165, 1.54) is 13.0 Å². The number of ketones is 1. The molecule has 134 valence electrons. The van der Waals surface area contributed by atoms with Crippen LogP contribution in [0.5, 0.6) is 0 Å². The zero-order valence-corrected chi connectivity index (χ0v) is 14.5. The quantitative estimate of drug-likeness (QED) is 0.733. The van der Waals surface area contributed by atoms with Gasteiger partial charge in [0.2, 0.25) is 0 Å². The summed E-state index contributed by atoms with van der Waals surface area (Å²) in [6, 6.07) is 12.5. The van der Waals surface area contributed by atoms with Crippen molar-refractivity contribution in [1.82, 2.24) is 9.55 Å². The van der Waals surface area contributed by atoms with Crippen LogP contribution in [-0.2, 0) is 0 Å². The second-order valence-electron chi connectivity index (χ2n) is 6.73. The standard InChI is InChI=1S/C20H20FN3O2/c1-13(25)19-15(21)5-4-8-18(19)23-11-9-14(10-12-23)24-17-7-3-2-6-16(17)22-20(24)26/h2-8,14H,9-12H2,1H3,(H,22,26). The van der Waals surface area contributed by atoms with Gasteiger partial charge in [-0.25, -0.2) is 9.18 Å². The number of hydrogen-bond donors (Lipinski definition) is 1. The average molecular weight is 353 g/mol. The lowest BCUT2D eigenvalue weighted by Gasteiger charge is -2.35. The highest BCUT2D eigenvalue weighted by atomic mass is 19.1. The molecule has 0 bridgehead atoms. The fraction of sp³-hybridized carbons (Fsp3) is 0.300. The summed E-state index contributed by atoms with van der Waals surface area (Å²) in [4.78, 5) is 29.2. The normalized spacial score (nSPS) is 15.5. The molecule has 1 saturated heterocycles. The number of aromatic nitrogens is 2. The summed E-state index contributed by atoms with van der Waals surface area (Å²) in [6.45, 7) is 2.72. The van der Waals surface area contributed by atoms with E-state index < -0.39 is 5.82 Å². The molecule has 4 rings (SSSR count). The van der Waals surface area contributed by atoms with Gasteiger partial charge in [-0.05, 0) is 44.0 Å². The third-order valence-corrected chi connectivity index (χ3v) is 5.14. The van der Waals surface area contributed by atoms with Gasteiger partial charge in [0.25, 0.3) is 0 Å². The maximum Gasteiger partial charge on any atom is 0.326 e. The number of hydrogen-bond acceptors (Lipinski definition) is 3. The Balaban J connectivity index is 1.60. The molecule has 1 aliphatic heterocycles. The number of nitrogens with one attached hydrogen (secondary N) is 1. The summed E-state index contributed by atoms with van der Waals surface area (Å²) >= 11 is 0. The lowest BCUT2D eigenvalue weighted by molar-refractivity contribution is 0.101. The first-order valence-corrected chi connectivity index (χ1v) is 8.80. The van der Waals surface area contributed by atoms with Gasteiger partial charge < -0.3 is 9.88 Å². The minimum absolute atomic E-state index is 0.0873. The number of carbonyl (C=O) groups is 1. The van der Waals surface area contributed by atoms with Gasteiger partial charge in [-0.2, -0.15) is 0 Å². The number of para-hydroxylation sites is 2. The lowest BCUT2D eigenvalue weighted by Crippen LogP contribution is -2.37. The first-order chi connectivity index (χ1) is 12.6. The molecule has 0 saturated carbocycles. The van der Waals surface area contributed by atoms with Gasteiger partial charge >= 0.3 is 5.69 Å². The molecule has 0 amide bonds. The largest absolute Gasteiger partial charge is 0.371 e. The van der Waals surface area contributed by atoms with Crippen LogP contribution in [-0.4, -0.2) is 28.4 Å². The Morgan fingerprint density at radius 3 is 2.58 bits per heavy atom. The van der Waals surface area contributed by atoms with Crippen LogP contribution >= 0.6 is 0 Å². The van der Waals surface area contributed by atoms with E-state index in [1.807, 2.05) is 33.7 Å². The van der Waals surface area contributed by atoms with Crippen LogP contribution in [0, 0.1) is 5.82 Å². The summed E-state index contributed by atoms with van der Waals surface area (Å²) in [5.74, 6) is -0.752. The lowest BCUT2D eigenvalue weighted by atomic mass is 10.0. The summed E-state index contributed by atoms with van der Waals surface area (Å²) < 4.78 is 15.9. The second kappa shape index (κ2) is 6.44. The van der Waals surface area contributed by atoms with Crippen molar-refractivity contribution in [3.05, 3.63) is 64.3 Å². The fourth-order valence-electron chi connectivity index (χ4n) is 3.93. The average Bonchev–Trinajstić information content (AvgIpc) is 2.97. The molecule has 6 heteroatoms. The van der Waals surface area contributed by atoms with Gasteiger partial charge in [-0.1, -0.05) is 18.2 Å². The molecule has 1 N–H and O–H groups in total. The summed E-state index contributed by atoms with van der Waals surface area (Å²) in [5, 5.41) is 0. The number of benzene rings is 2. The molecule has 3 aromatic rings. The SMILES string of the molecule is CC(=O)c1c(F)cccc1N1CCC(n2c(=O)[nH]c3ccccc32)CC1. The molecule has 1 fully saturated rings. The van der Waals surface area contributed by atoms with E-state index in [2.05, 4.69) is 4.98 Å². The summed E-state index contributed by atoms with van der Waals surface area (Å²) in [7, 11) is 0. The number of aromatic amines is 1. The van der Waals surface area contributed by atoms with Crippen molar-refractivity contribution in [2.24, 2.45) is 0 Å². The number of anilines is 1. The van der Waals surface area contributed by atoms with E-state index in [-0.39, 0.29) is 23.1 Å². The molecule has 0 radical (unpaired) electrons. The molecule has 1 aromatic heterocycles. The van der Waals surface area contributed by atoms with Crippen molar-refractivity contribution in [3.8, 4) is 0 Å². The molecule has 26 heavy (non-hydrogen) atoms. The van der Waals surface area contributed by atoms with Crippen LogP contribution < -0.4 is 10.6 Å². The van der Waals surface area contributed by atoms with Crippen LogP contribution in [0.1, 0.15) is 36.2 Å². The Labute approximate surface area is 150 Å². The molecular formula is C20H20FN3O2. The number of fused-ring (bicyclic) bond motifs is 1. The Kier molecular flexibility index (Phi) is 4.11. The Morgan fingerprint density at radius 2 is 1.85 bits per heavy atom. The minimum atomic E-state index is -0.482. The van der Waals surface area contributed by atoms with E-state index in [0.29, 0.717) is 18.8 Å². The fourth-order valence-corrected chi connectivity index (χ4v) is 3.93. The van der Waals surface area contributed by atoms with Crippen molar-refractivity contribution in [2.45, 2.75) is 25.8 Å². The summed E-state index contributed by atoms with van der Waals surface area (Å²) in [6.07, 6.45) is 1.52. The van der Waals surface area contributed by atoms with Gasteiger partial charge in [-0.3, -0.25) is 9.36 Å². The number of nitrogens with zero attached hydrogens (tertiary/aromatic N) is 2. The molecule has 0 aliphatic carbocycles. The third kappa shape index (κ3) is 2.71. The predicted octanol–water partition coefficient (Wildman–Crippen LogP) is 3.51. The van der Waals surface area contributed by atoms with E-state index in [4.69, 9.17) is 0 Å². The van der Waals surface area contributed by atoms with Crippen molar-refractivity contribution >= 4 is 22.5 Å². The molecule has 2 aromatic carbocycles. The number of rotatable bonds is 3. The van der Waals surface area contributed by atoms with Crippen LogP contribution in [0.3, 0.4) is 0 Å². The highest BCUT2D eigenvalue weighted by Gasteiger charge is 2.26. The number of imidazole rings is 1. The maximum atomic E-state index is 14.1. The Hall–Kier alpha value is -2.89. The topological polar surface area (TPSA) is 58.1 Å². The summed E-state index contributed by atoms with van der Waals surface area (Å²) in [5.41, 5.74) is 2.44. The van der Waals surface area contributed by atoms with Crippen LogP contribution in [0.25, 0.3) is 11.0 Å². The smallest absolute Gasteiger partial charge is 0.326 e. The predicted molar refractivity (Wildman–Crippen MR) is 99.4 cm³/mol. The van der Waals surface area contributed by atoms with Gasteiger partial charge in [0, 0.05) is 19.1 Å². The van der Waals surface area contributed by atoms with E-state index in [1.54, 1.807) is 12.1 Å². The van der Waals surface area contributed by atoms with Crippen LogP contribution in [0.2, 0.25) is 0 Å². The highest BCUT2D eigenvalue weighted by molar-refractivity contribution is 6.00. The molecule has 0 unspecified atom stereocenters. The van der Waals surface area contributed by atoms with E-state index in [0.717, 1.165) is 23.9 Å². The molecule has 5 nitrogen and oxygen atoms in total. The van der Waals surface area contributed by atoms with Gasteiger partial charge in [0.05, 0.1) is 22.3 Å². The van der Waals surface area contributed by atoms with Gasteiger partial charge in [0.15, 0.2) is 5.78 Å². The Bertz CT molecular complexity index is 1030. The molecule has 1 aliphatic rings. The highest BCUT2D eigenvalue weighted by Crippen LogP contribution is 2.31. The zero-order chi connectivity index (χ0) is 18.3. The first-order valence-electron chi connectivity index (χ1n) is 8.80. The zero-order valence-electron chi connectivity index (χ0n) is 14.5. The molecular weight excluding hydrogens is 333 g/mol. The number of piperidine rings is 1. The van der Waals surface area contributed by atoms with Crippen molar-refractivity contribution in [3.63, 3.8) is 0 Å². The second-order valence-corrected chi connectivity index (χ2v) is 6.73. The minimum Gasteiger partial charge on any atom is -0.371 e. The number of Topliss-reactive ketones (excluding diaryl/α,β-unsaturated/α-hetero) is 1. The molecule has 0 spiro atoms. The molecule has 0 atom stereocenters. The third-order valence-electron chi connectivity index (χ3n) is 5.14. The first kappa shape index (κ1) is 16.6. The van der Waals surface area contributed by atoms with E-state index in [9.17, 15) is 14.0 Å². The van der Waals surface area contributed by atoms with Crippen LogP contribution in [0.15, 0.2) is 47.3 Å². The van der Waals surface area contributed by atoms with Crippen molar-refractivity contribution in [1.29, 1.82) is 0 Å². The maximum absolute atomic E-state index is 14.1. The Morgan fingerprint density at radius 1 is 1.12 bits per heavy atom. The van der Waals surface area contributed by atoms with Crippen LogP contribution in [0.4, 0.5) is 10.1 Å².